The number of carbonyl (C=O) groups is 2. The van der Waals surface area contributed by atoms with Crippen LogP contribution in [-0.4, -0.2) is 46.1 Å². The number of piperidine rings is 1. The zero-order chi connectivity index (χ0) is 13.7. The zero-order valence-corrected chi connectivity index (χ0v) is 11.2. The fourth-order valence-electron chi connectivity index (χ4n) is 2.40. The largest absolute Gasteiger partial charge is 0.356 e. The van der Waals surface area contributed by atoms with Gasteiger partial charge in [0.1, 0.15) is 0 Å². The van der Waals surface area contributed by atoms with Gasteiger partial charge in [-0.25, -0.2) is 0 Å². The molecule has 0 radical (unpaired) electrons. The quantitative estimate of drug-likeness (QED) is 0.864. The molecule has 0 aliphatic carbocycles. The molecule has 1 aliphatic heterocycles. The van der Waals surface area contributed by atoms with Gasteiger partial charge in [-0.05, 0) is 18.9 Å². The van der Waals surface area contributed by atoms with Crippen molar-refractivity contribution in [2.24, 2.45) is 0 Å². The SMILES string of the molecule is CC(=O)NCCC(=O)N1CCC[C@@H](n2cccn2)C1. The maximum atomic E-state index is 12.0. The molecule has 0 unspecified atom stereocenters. The van der Waals surface area contributed by atoms with Crippen molar-refractivity contribution in [1.82, 2.24) is 20.0 Å². The van der Waals surface area contributed by atoms with Crippen LogP contribution < -0.4 is 5.32 Å². The van der Waals surface area contributed by atoms with Crippen LogP contribution in [0.2, 0.25) is 0 Å². The summed E-state index contributed by atoms with van der Waals surface area (Å²) < 4.78 is 1.92. The lowest BCUT2D eigenvalue weighted by Crippen LogP contribution is -2.41. The summed E-state index contributed by atoms with van der Waals surface area (Å²) in [6.07, 6.45) is 6.12. The van der Waals surface area contributed by atoms with Gasteiger partial charge in [-0.15, -0.1) is 0 Å². The number of hydrogen-bond acceptors (Lipinski definition) is 3. The Morgan fingerprint density at radius 1 is 1.47 bits per heavy atom. The van der Waals surface area contributed by atoms with Gasteiger partial charge < -0.3 is 10.2 Å². The van der Waals surface area contributed by atoms with Gasteiger partial charge in [0.05, 0.1) is 6.04 Å². The molecule has 6 nitrogen and oxygen atoms in total. The summed E-state index contributed by atoms with van der Waals surface area (Å²) in [6, 6.07) is 2.17. The molecule has 0 bridgehead atoms. The van der Waals surface area contributed by atoms with E-state index in [2.05, 4.69) is 10.4 Å². The molecule has 2 heterocycles. The predicted octanol–water partition coefficient (Wildman–Crippen LogP) is 0.573. The van der Waals surface area contributed by atoms with Crippen LogP contribution in [0.5, 0.6) is 0 Å². The van der Waals surface area contributed by atoms with Crippen LogP contribution in [0, 0.1) is 0 Å². The number of rotatable bonds is 4. The highest BCUT2D eigenvalue weighted by molar-refractivity contribution is 5.78. The highest BCUT2D eigenvalue weighted by Gasteiger charge is 2.24. The van der Waals surface area contributed by atoms with Crippen molar-refractivity contribution in [2.75, 3.05) is 19.6 Å². The molecule has 0 spiro atoms. The normalized spacial score (nSPS) is 19.2. The third-order valence-corrected chi connectivity index (χ3v) is 3.36. The molecule has 6 heteroatoms. The van der Waals surface area contributed by atoms with E-state index in [0.717, 1.165) is 19.4 Å². The molecule has 1 fully saturated rings. The highest BCUT2D eigenvalue weighted by atomic mass is 16.2. The lowest BCUT2D eigenvalue weighted by molar-refractivity contribution is -0.132. The molecular weight excluding hydrogens is 244 g/mol. The Hall–Kier alpha value is -1.85. The first-order chi connectivity index (χ1) is 9.16. The molecule has 19 heavy (non-hydrogen) atoms. The number of nitrogens with one attached hydrogen (secondary N) is 1. The minimum absolute atomic E-state index is 0.0964. The first-order valence-electron chi connectivity index (χ1n) is 6.68. The molecule has 104 valence electrons. The summed E-state index contributed by atoms with van der Waals surface area (Å²) in [6.45, 7) is 3.38. The van der Waals surface area contributed by atoms with Crippen LogP contribution in [0.15, 0.2) is 18.5 Å². The van der Waals surface area contributed by atoms with E-state index in [1.54, 1.807) is 6.20 Å². The summed E-state index contributed by atoms with van der Waals surface area (Å²) in [5, 5.41) is 6.89. The Labute approximate surface area is 112 Å². The standard InChI is InChI=1S/C13H20N4O2/c1-11(18)14-7-5-13(19)16-8-2-4-12(10-16)17-9-3-6-15-17/h3,6,9,12H,2,4-5,7-8,10H2,1H3,(H,14,18)/t12-/m1/s1. The van der Waals surface area contributed by atoms with Gasteiger partial charge in [-0.2, -0.15) is 5.10 Å². The molecule has 1 N–H and O–H groups in total. The summed E-state index contributed by atoms with van der Waals surface area (Å²) in [5.41, 5.74) is 0. The number of aromatic nitrogens is 2. The summed E-state index contributed by atoms with van der Waals surface area (Å²) >= 11 is 0. The number of nitrogens with zero attached hydrogens (tertiary/aromatic N) is 3. The van der Waals surface area contributed by atoms with Gasteiger partial charge in [0.15, 0.2) is 0 Å². The summed E-state index contributed by atoms with van der Waals surface area (Å²) in [4.78, 5) is 24.7. The third-order valence-electron chi connectivity index (χ3n) is 3.36. The van der Waals surface area contributed by atoms with Crippen molar-refractivity contribution in [3.63, 3.8) is 0 Å². The molecule has 2 rings (SSSR count). The van der Waals surface area contributed by atoms with Crippen molar-refractivity contribution < 1.29 is 9.59 Å². The van der Waals surface area contributed by atoms with Crippen LogP contribution in [0.4, 0.5) is 0 Å². The molecule has 1 saturated heterocycles. The van der Waals surface area contributed by atoms with E-state index in [-0.39, 0.29) is 17.9 Å². The maximum Gasteiger partial charge on any atom is 0.224 e. The van der Waals surface area contributed by atoms with E-state index in [1.165, 1.54) is 6.92 Å². The van der Waals surface area contributed by atoms with Crippen LogP contribution in [0.3, 0.4) is 0 Å². The zero-order valence-electron chi connectivity index (χ0n) is 11.2. The molecule has 1 aliphatic rings. The van der Waals surface area contributed by atoms with Gasteiger partial charge in [0, 0.05) is 45.4 Å². The second-order valence-corrected chi connectivity index (χ2v) is 4.85. The van der Waals surface area contributed by atoms with E-state index in [4.69, 9.17) is 0 Å². The van der Waals surface area contributed by atoms with Crippen molar-refractivity contribution in [2.45, 2.75) is 32.2 Å². The van der Waals surface area contributed by atoms with Crippen molar-refractivity contribution in [3.8, 4) is 0 Å². The number of carbonyl (C=O) groups excluding carboxylic acids is 2. The maximum absolute atomic E-state index is 12.0. The highest BCUT2D eigenvalue weighted by Crippen LogP contribution is 2.20. The minimum Gasteiger partial charge on any atom is -0.356 e. The Kier molecular flexibility index (Phi) is 4.54. The first-order valence-corrected chi connectivity index (χ1v) is 6.68. The van der Waals surface area contributed by atoms with Crippen molar-refractivity contribution in [3.05, 3.63) is 18.5 Å². The van der Waals surface area contributed by atoms with Gasteiger partial charge in [0.2, 0.25) is 11.8 Å². The minimum atomic E-state index is -0.0964. The molecule has 1 aromatic heterocycles. The number of hydrogen-bond donors (Lipinski definition) is 1. The van der Waals surface area contributed by atoms with Gasteiger partial charge in [-0.1, -0.05) is 0 Å². The molecule has 2 amide bonds. The Morgan fingerprint density at radius 2 is 2.32 bits per heavy atom. The van der Waals surface area contributed by atoms with Crippen LogP contribution in [-0.2, 0) is 9.59 Å². The van der Waals surface area contributed by atoms with Gasteiger partial charge in [0.25, 0.3) is 0 Å². The summed E-state index contributed by atoms with van der Waals surface area (Å²) in [5.74, 6) is 0.00599. The van der Waals surface area contributed by atoms with Crippen molar-refractivity contribution in [1.29, 1.82) is 0 Å². The van der Waals surface area contributed by atoms with Gasteiger partial charge in [-0.3, -0.25) is 14.3 Å². The third kappa shape index (κ3) is 3.81. The number of amides is 2. The first kappa shape index (κ1) is 13.6. The average molecular weight is 264 g/mol. The lowest BCUT2D eigenvalue weighted by Gasteiger charge is -2.33. The predicted molar refractivity (Wildman–Crippen MR) is 70.4 cm³/mol. The fraction of sp³-hybridized carbons (Fsp3) is 0.615. The Balaban J connectivity index is 1.83. The Bertz CT molecular complexity index is 430. The second kappa shape index (κ2) is 6.36. The molecular formula is C13H20N4O2. The summed E-state index contributed by atoms with van der Waals surface area (Å²) in [7, 11) is 0. The molecule has 0 saturated carbocycles. The number of likely N-dealkylation sites (tertiary alicyclic amines) is 1. The van der Waals surface area contributed by atoms with E-state index in [1.807, 2.05) is 21.8 Å². The fourth-order valence-corrected chi connectivity index (χ4v) is 2.40. The van der Waals surface area contributed by atoms with E-state index < -0.39 is 0 Å². The van der Waals surface area contributed by atoms with Crippen LogP contribution >= 0.6 is 0 Å². The lowest BCUT2D eigenvalue weighted by atomic mass is 10.1. The monoisotopic (exact) mass is 264 g/mol. The second-order valence-electron chi connectivity index (χ2n) is 4.85. The molecule has 1 atom stereocenters. The van der Waals surface area contributed by atoms with E-state index >= 15 is 0 Å². The Morgan fingerprint density at radius 3 is 3.00 bits per heavy atom. The molecule has 1 aromatic rings. The smallest absolute Gasteiger partial charge is 0.224 e. The van der Waals surface area contributed by atoms with E-state index in [0.29, 0.717) is 19.5 Å². The van der Waals surface area contributed by atoms with Gasteiger partial charge >= 0.3 is 0 Å². The van der Waals surface area contributed by atoms with Crippen LogP contribution in [0.25, 0.3) is 0 Å². The average Bonchev–Trinajstić information content (AvgIpc) is 2.92. The van der Waals surface area contributed by atoms with Crippen molar-refractivity contribution >= 4 is 11.8 Å². The van der Waals surface area contributed by atoms with E-state index in [9.17, 15) is 9.59 Å². The molecule has 0 aromatic carbocycles. The van der Waals surface area contributed by atoms with Crippen LogP contribution in [0.1, 0.15) is 32.2 Å². The topological polar surface area (TPSA) is 67.2 Å².